The van der Waals surface area contributed by atoms with E-state index in [1.165, 1.54) is 0 Å². The molecule has 0 aromatic heterocycles. The van der Waals surface area contributed by atoms with E-state index in [1.807, 2.05) is 0 Å². The summed E-state index contributed by atoms with van der Waals surface area (Å²) in [4.78, 5) is 38.9. The minimum atomic E-state index is -0.288. The lowest BCUT2D eigenvalue weighted by Gasteiger charge is -2.33. The highest BCUT2D eigenvalue weighted by molar-refractivity contribution is 5.75. The molecule has 148 valence electrons. The molecule has 2 saturated heterocycles. The minimum absolute atomic E-state index is 0.0558. The average Bonchev–Trinajstić information content (AvgIpc) is 2.63. The molecule has 0 aromatic rings. The zero-order chi connectivity index (χ0) is 18.9. The molecule has 9 nitrogen and oxygen atoms in total. The van der Waals surface area contributed by atoms with E-state index in [9.17, 15) is 14.4 Å². The third-order valence-electron chi connectivity index (χ3n) is 4.71. The van der Waals surface area contributed by atoms with E-state index < -0.39 is 0 Å². The Balaban J connectivity index is 1.64. The van der Waals surface area contributed by atoms with Crippen LogP contribution in [0.1, 0.15) is 39.5 Å². The number of carbonyl (C=O) groups is 3. The number of urea groups is 1. The summed E-state index contributed by atoms with van der Waals surface area (Å²) in [6.45, 7) is 6.65. The van der Waals surface area contributed by atoms with Gasteiger partial charge in [-0.2, -0.15) is 0 Å². The second-order valence-electron chi connectivity index (χ2n) is 6.54. The number of likely N-dealkylation sites (tertiary alicyclic amines) is 2. The summed E-state index contributed by atoms with van der Waals surface area (Å²) < 4.78 is 9.98. The van der Waals surface area contributed by atoms with Crippen molar-refractivity contribution >= 4 is 18.2 Å². The predicted octanol–water partition coefficient (Wildman–Crippen LogP) is 1.53. The lowest BCUT2D eigenvalue weighted by atomic mass is 10.0. The quantitative estimate of drug-likeness (QED) is 0.782. The third-order valence-corrected chi connectivity index (χ3v) is 4.71. The summed E-state index contributed by atoms with van der Waals surface area (Å²) in [7, 11) is 0. The molecule has 9 heteroatoms. The van der Waals surface area contributed by atoms with Gasteiger partial charge in [0, 0.05) is 38.3 Å². The van der Waals surface area contributed by atoms with Gasteiger partial charge in [-0.3, -0.25) is 0 Å². The second-order valence-corrected chi connectivity index (χ2v) is 6.54. The molecule has 2 aliphatic rings. The number of hydrogen-bond donors (Lipinski definition) is 2. The normalized spacial score (nSPS) is 19.0. The van der Waals surface area contributed by atoms with Crippen LogP contribution in [0.25, 0.3) is 0 Å². The Labute approximate surface area is 154 Å². The molecular weight excluding hydrogens is 340 g/mol. The van der Waals surface area contributed by atoms with Crippen molar-refractivity contribution in [1.82, 2.24) is 20.4 Å². The van der Waals surface area contributed by atoms with Gasteiger partial charge in [-0.25, -0.2) is 14.4 Å². The Morgan fingerprint density at radius 3 is 1.42 bits per heavy atom. The van der Waals surface area contributed by atoms with Crippen molar-refractivity contribution in [1.29, 1.82) is 0 Å². The number of piperidine rings is 2. The Hall–Kier alpha value is -2.19. The van der Waals surface area contributed by atoms with Gasteiger partial charge in [-0.1, -0.05) is 0 Å². The second kappa shape index (κ2) is 10.1. The molecule has 0 unspecified atom stereocenters. The highest BCUT2D eigenvalue weighted by atomic mass is 16.6. The standard InChI is InChI=1S/C17H30N4O5/c1-3-25-16(23)20-9-5-13(6-10-20)18-15(22)19-14-7-11-21(12-8-14)17(24)26-4-2/h13-14H,3-12H2,1-2H3,(H2,18,19,22). The van der Waals surface area contributed by atoms with Crippen molar-refractivity contribution < 1.29 is 23.9 Å². The summed E-state index contributed by atoms with van der Waals surface area (Å²) >= 11 is 0. The zero-order valence-corrected chi connectivity index (χ0v) is 15.7. The maximum absolute atomic E-state index is 12.2. The number of rotatable bonds is 4. The van der Waals surface area contributed by atoms with Crippen LogP contribution in [-0.4, -0.2) is 79.5 Å². The van der Waals surface area contributed by atoms with Crippen molar-refractivity contribution in [3.8, 4) is 0 Å². The van der Waals surface area contributed by atoms with Crippen LogP contribution in [0.4, 0.5) is 14.4 Å². The SMILES string of the molecule is CCOC(=O)N1CCC(NC(=O)NC2CCN(C(=O)OCC)CC2)CC1. The molecule has 0 atom stereocenters. The highest BCUT2D eigenvalue weighted by Gasteiger charge is 2.27. The molecule has 2 aliphatic heterocycles. The lowest BCUT2D eigenvalue weighted by Crippen LogP contribution is -2.53. The van der Waals surface area contributed by atoms with Crippen LogP contribution in [0, 0.1) is 0 Å². The molecule has 2 rings (SSSR count). The smallest absolute Gasteiger partial charge is 0.409 e. The van der Waals surface area contributed by atoms with Crippen LogP contribution >= 0.6 is 0 Å². The molecule has 2 heterocycles. The van der Waals surface area contributed by atoms with Gasteiger partial charge in [0.05, 0.1) is 13.2 Å². The number of nitrogens with zero attached hydrogens (tertiary/aromatic N) is 2. The molecule has 0 saturated carbocycles. The van der Waals surface area contributed by atoms with Crippen LogP contribution in [-0.2, 0) is 9.47 Å². The van der Waals surface area contributed by atoms with E-state index in [-0.39, 0.29) is 30.3 Å². The maximum atomic E-state index is 12.2. The first-order chi connectivity index (χ1) is 12.5. The molecule has 0 aromatic carbocycles. The van der Waals surface area contributed by atoms with E-state index in [0.717, 1.165) is 0 Å². The van der Waals surface area contributed by atoms with Gasteiger partial charge in [0.1, 0.15) is 0 Å². The fourth-order valence-corrected chi connectivity index (χ4v) is 3.25. The van der Waals surface area contributed by atoms with Crippen LogP contribution in [0.3, 0.4) is 0 Å². The molecule has 0 radical (unpaired) electrons. The summed E-state index contributed by atoms with van der Waals surface area (Å²) in [5.41, 5.74) is 0. The molecule has 26 heavy (non-hydrogen) atoms. The van der Waals surface area contributed by atoms with Crippen molar-refractivity contribution in [2.24, 2.45) is 0 Å². The van der Waals surface area contributed by atoms with E-state index in [1.54, 1.807) is 23.6 Å². The highest BCUT2D eigenvalue weighted by Crippen LogP contribution is 2.13. The van der Waals surface area contributed by atoms with Crippen molar-refractivity contribution in [2.75, 3.05) is 39.4 Å². The zero-order valence-electron chi connectivity index (χ0n) is 15.7. The first-order valence-electron chi connectivity index (χ1n) is 9.43. The summed E-state index contributed by atoms with van der Waals surface area (Å²) in [5, 5.41) is 5.96. The average molecular weight is 370 g/mol. The van der Waals surface area contributed by atoms with Gasteiger partial charge >= 0.3 is 18.2 Å². The topological polar surface area (TPSA) is 100 Å². The van der Waals surface area contributed by atoms with Crippen molar-refractivity contribution in [3.05, 3.63) is 0 Å². The van der Waals surface area contributed by atoms with Crippen LogP contribution in [0.5, 0.6) is 0 Å². The van der Waals surface area contributed by atoms with Gasteiger partial charge in [-0.05, 0) is 39.5 Å². The Morgan fingerprint density at radius 2 is 1.12 bits per heavy atom. The molecule has 0 spiro atoms. The number of ether oxygens (including phenoxy) is 2. The number of carbonyl (C=O) groups excluding carboxylic acids is 3. The minimum Gasteiger partial charge on any atom is -0.450 e. The largest absolute Gasteiger partial charge is 0.450 e. The summed E-state index contributed by atoms with van der Waals surface area (Å²) in [6.07, 6.45) is 2.29. The number of hydrogen-bond acceptors (Lipinski definition) is 5. The number of amides is 4. The first-order valence-corrected chi connectivity index (χ1v) is 9.43. The van der Waals surface area contributed by atoms with Crippen LogP contribution in [0.2, 0.25) is 0 Å². The van der Waals surface area contributed by atoms with Crippen molar-refractivity contribution in [2.45, 2.75) is 51.6 Å². The van der Waals surface area contributed by atoms with Gasteiger partial charge in [-0.15, -0.1) is 0 Å². The van der Waals surface area contributed by atoms with E-state index in [2.05, 4.69) is 10.6 Å². The maximum Gasteiger partial charge on any atom is 0.409 e. The van der Waals surface area contributed by atoms with E-state index >= 15 is 0 Å². The molecule has 0 aliphatic carbocycles. The first kappa shape index (κ1) is 20.1. The predicted molar refractivity (Wildman–Crippen MR) is 94.9 cm³/mol. The molecular formula is C17H30N4O5. The summed E-state index contributed by atoms with van der Waals surface area (Å²) in [5.74, 6) is 0. The van der Waals surface area contributed by atoms with E-state index in [0.29, 0.717) is 65.1 Å². The molecule has 2 N–H and O–H groups in total. The molecule has 0 bridgehead atoms. The monoisotopic (exact) mass is 370 g/mol. The van der Waals surface area contributed by atoms with E-state index in [4.69, 9.17) is 9.47 Å². The van der Waals surface area contributed by atoms with Crippen molar-refractivity contribution in [3.63, 3.8) is 0 Å². The third kappa shape index (κ3) is 5.96. The number of nitrogens with one attached hydrogen (secondary N) is 2. The van der Waals surface area contributed by atoms with Gasteiger partial charge in [0.15, 0.2) is 0 Å². The Kier molecular flexibility index (Phi) is 7.80. The Morgan fingerprint density at radius 1 is 0.769 bits per heavy atom. The van der Waals surface area contributed by atoms with Crippen LogP contribution < -0.4 is 10.6 Å². The lowest BCUT2D eigenvalue weighted by molar-refractivity contribution is 0.0950. The van der Waals surface area contributed by atoms with Crippen LogP contribution in [0.15, 0.2) is 0 Å². The summed E-state index contributed by atoms with van der Waals surface area (Å²) in [6, 6.07) is -0.0743. The molecule has 2 fully saturated rings. The van der Waals surface area contributed by atoms with Gasteiger partial charge in [0.25, 0.3) is 0 Å². The van der Waals surface area contributed by atoms with Gasteiger partial charge in [0.2, 0.25) is 0 Å². The fraction of sp³-hybridized carbons (Fsp3) is 0.824. The fourth-order valence-electron chi connectivity index (χ4n) is 3.25. The Bertz CT molecular complexity index is 444. The van der Waals surface area contributed by atoms with Gasteiger partial charge < -0.3 is 29.9 Å². The molecule has 4 amide bonds.